The average Bonchev–Trinajstić information content (AvgIpc) is 3.24. The zero-order valence-corrected chi connectivity index (χ0v) is 16.2. The molecule has 28 heavy (non-hydrogen) atoms. The summed E-state index contributed by atoms with van der Waals surface area (Å²) in [6, 6.07) is 29.1. The van der Waals surface area contributed by atoms with Crippen LogP contribution in [-0.4, -0.2) is 32.5 Å². The second-order valence-electron chi connectivity index (χ2n) is 6.30. The molecular formula is C22H21N5S. The summed E-state index contributed by atoms with van der Waals surface area (Å²) in [5.74, 6) is 0.898. The topological polar surface area (TPSA) is 55.6 Å². The summed E-state index contributed by atoms with van der Waals surface area (Å²) in [5.41, 5.74) is 4.74. The molecule has 0 aliphatic carbocycles. The molecule has 0 aliphatic rings. The molecule has 0 unspecified atom stereocenters. The fraction of sp³-hybridized carbons (Fsp3) is 0.136. The smallest absolute Gasteiger partial charge is 0.214 e. The van der Waals surface area contributed by atoms with Crippen molar-refractivity contribution in [2.24, 2.45) is 0 Å². The molecule has 1 N–H and O–H groups in total. The molecule has 0 fully saturated rings. The summed E-state index contributed by atoms with van der Waals surface area (Å²) < 4.78 is 1.77. The van der Waals surface area contributed by atoms with Gasteiger partial charge in [-0.1, -0.05) is 84.6 Å². The molecule has 140 valence electrons. The van der Waals surface area contributed by atoms with Crippen molar-refractivity contribution in [2.75, 3.05) is 12.3 Å². The first kappa shape index (κ1) is 18.4. The van der Waals surface area contributed by atoms with Crippen molar-refractivity contribution < 1.29 is 0 Å². The summed E-state index contributed by atoms with van der Waals surface area (Å²) in [6.07, 6.45) is 0. The van der Waals surface area contributed by atoms with Gasteiger partial charge in [0.25, 0.3) is 0 Å². The van der Waals surface area contributed by atoms with E-state index < -0.39 is 0 Å². The van der Waals surface area contributed by atoms with E-state index in [-0.39, 0.29) is 0 Å². The zero-order chi connectivity index (χ0) is 19.0. The Morgan fingerprint density at radius 1 is 0.786 bits per heavy atom. The number of tetrazole rings is 1. The molecule has 1 heterocycles. The first-order valence-electron chi connectivity index (χ1n) is 9.22. The van der Waals surface area contributed by atoms with E-state index >= 15 is 0 Å². The molecular weight excluding hydrogens is 366 g/mol. The number of hydrogen-bond acceptors (Lipinski definition) is 5. The van der Waals surface area contributed by atoms with E-state index in [0.29, 0.717) is 0 Å². The third-order valence-corrected chi connectivity index (χ3v) is 5.26. The molecule has 0 saturated carbocycles. The molecule has 4 aromatic rings. The summed E-state index contributed by atoms with van der Waals surface area (Å²) in [7, 11) is 0. The Morgan fingerprint density at radius 2 is 1.46 bits per heavy atom. The molecule has 5 nitrogen and oxygen atoms in total. The number of nitrogens with zero attached hydrogens (tertiary/aromatic N) is 4. The summed E-state index contributed by atoms with van der Waals surface area (Å²) in [6.45, 7) is 1.73. The van der Waals surface area contributed by atoms with Gasteiger partial charge in [-0.2, -0.15) is 4.68 Å². The van der Waals surface area contributed by atoms with E-state index in [1.165, 1.54) is 16.7 Å². The van der Waals surface area contributed by atoms with Gasteiger partial charge in [0.15, 0.2) is 0 Å². The van der Waals surface area contributed by atoms with Gasteiger partial charge in [0.1, 0.15) is 0 Å². The van der Waals surface area contributed by atoms with Crippen molar-refractivity contribution in [3.63, 3.8) is 0 Å². The lowest BCUT2D eigenvalue weighted by Gasteiger charge is -2.07. The third kappa shape index (κ3) is 4.65. The first-order valence-corrected chi connectivity index (χ1v) is 10.2. The Kier molecular flexibility index (Phi) is 6.11. The molecule has 0 saturated heterocycles. The number of aromatic nitrogens is 4. The lowest BCUT2D eigenvalue weighted by atomic mass is 10.0. The van der Waals surface area contributed by atoms with Gasteiger partial charge in [0.2, 0.25) is 5.16 Å². The second kappa shape index (κ2) is 9.30. The lowest BCUT2D eigenvalue weighted by Crippen LogP contribution is -2.16. The largest absolute Gasteiger partial charge is 0.312 e. The Balaban J connectivity index is 1.24. The maximum atomic E-state index is 4.12. The SMILES string of the molecule is c1ccc(-c2ccc(CNCCSc3nnnn3-c3ccccc3)cc2)cc1. The monoisotopic (exact) mass is 387 g/mol. The molecule has 0 radical (unpaired) electrons. The predicted octanol–water partition coefficient (Wildman–Crippen LogP) is 4.21. The number of thioether (sulfide) groups is 1. The van der Waals surface area contributed by atoms with Crippen LogP contribution in [-0.2, 0) is 6.54 Å². The van der Waals surface area contributed by atoms with Crippen LogP contribution in [0.3, 0.4) is 0 Å². The highest BCUT2D eigenvalue weighted by molar-refractivity contribution is 7.99. The van der Waals surface area contributed by atoms with E-state index in [9.17, 15) is 0 Å². The fourth-order valence-electron chi connectivity index (χ4n) is 2.89. The van der Waals surface area contributed by atoms with Crippen LogP contribution in [0.2, 0.25) is 0 Å². The van der Waals surface area contributed by atoms with Crippen molar-refractivity contribution in [1.82, 2.24) is 25.5 Å². The molecule has 4 rings (SSSR count). The third-order valence-electron chi connectivity index (χ3n) is 4.34. The quantitative estimate of drug-likeness (QED) is 0.362. The number of hydrogen-bond donors (Lipinski definition) is 1. The predicted molar refractivity (Wildman–Crippen MR) is 113 cm³/mol. The Morgan fingerprint density at radius 3 is 2.21 bits per heavy atom. The minimum atomic E-state index is 0.806. The van der Waals surface area contributed by atoms with Crippen LogP contribution in [0.15, 0.2) is 90.1 Å². The van der Waals surface area contributed by atoms with E-state index in [1.54, 1.807) is 16.4 Å². The number of para-hydroxylation sites is 1. The normalized spacial score (nSPS) is 10.9. The Labute approximate surface area is 168 Å². The summed E-state index contributed by atoms with van der Waals surface area (Å²) in [4.78, 5) is 0. The van der Waals surface area contributed by atoms with Crippen molar-refractivity contribution in [1.29, 1.82) is 0 Å². The van der Waals surface area contributed by atoms with Crippen LogP contribution < -0.4 is 5.32 Å². The van der Waals surface area contributed by atoms with Gasteiger partial charge in [0.05, 0.1) is 5.69 Å². The molecule has 6 heteroatoms. The highest BCUT2D eigenvalue weighted by atomic mass is 32.2. The van der Waals surface area contributed by atoms with Crippen LogP contribution in [0.5, 0.6) is 0 Å². The van der Waals surface area contributed by atoms with E-state index in [0.717, 1.165) is 29.7 Å². The van der Waals surface area contributed by atoms with Gasteiger partial charge >= 0.3 is 0 Å². The van der Waals surface area contributed by atoms with Gasteiger partial charge in [0, 0.05) is 18.8 Å². The van der Waals surface area contributed by atoms with Crippen molar-refractivity contribution in [2.45, 2.75) is 11.7 Å². The zero-order valence-electron chi connectivity index (χ0n) is 15.4. The summed E-state index contributed by atoms with van der Waals surface area (Å²) >= 11 is 1.65. The first-order chi connectivity index (χ1) is 13.9. The minimum absolute atomic E-state index is 0.806. The van der Waals surface area contributed by atoms with Crippen LogP contribution in [0.4, 0.5) is 0 Å². The standard InChI is InChI=1S/C22H21N5S/c1-3-7-19(8-4-1)20-13-11-18(12-14-20)17-23-15-16-28-22-24-25-26-27(22)21-9-5-2-6-10-21/h1-14,23H,15-17H2. The summed E-state index contributed by atoms with van der Waals surface area (Å²) in [5, 5.41) is 16.3. The van der Waals surface area contributed by atoms with Crippen LogP contribution in [0, 0.1) is 0 Å². The van der Waals surface area contributed by atoms with Gasteiger partial charge < -0.3 is 5.32 Å². The maximum Gasteiger partial charge on any atom is 0.214 e. The molecule has 0 amide bonds. The Hall–Kier alpha value is -2.96. The average molecular weight is 388 g/mol. The van der Waals surface area contributed by atoms with E-state index in [4.69, 9.17) is 0 Å². The highest BCUT2D eigenvalue weighted by Gasteiger charge is 2.08. The number of benzene rings is 3. The van der Waals surface area contributed by atoms with Gasteiger partial charge in [-0.05, 0) is 39.2 Å². The number of rotatable bonds is 8. The molecule has 1 aromatic heterocycles. The van der Waals surface area contributed by atoms with Crippen LogP contribution in [0.25, 0.3) is 16.8 Å². The molecule has 0 atom stereocenters. The van der Waals surface area contributed by atoms with E-state index in [1.807, 2.05) is 36.4 Å². The lowest BCUT2D eigenvalue weighted by molar-refractivity contribution is 0.728. The number of nitrogens with one attached hydrogen (secondary N) is 1. The van der Waals surface area contributed by atoms with Gasteiger partial charge in [-0.25, -0.2) is 0 Å². The van der Waals surface area contributed by atoms with Crippen molar-refractivity contribution in [3.8, 4) is 16.8 Å². The van der Waals surface area contributed by atoms with Gasteiger partial charge in [-0.15, -0.1) is 5.10 Å². The van der Waals surface area contributed by atoms with E-state index in [2.05, 4.69) is 69.4 Å². The Bertz CT molecular complexity index is 984. The molecule has 0 bridgehead atoms. The minimum Gasteiger partial charge on any atom is -0.312 e. The van der Waals surface area contributed by atoms with Gasteiger partial charge in [-0.3, -0.25) is 0 Å². The maximum absolute atomic E-state index is 4.12. The molecule has 0 aliphatic heterocycles. The van der Waals surface area contributed by atoms with Crippen LogP contribution in [0.1, 0.15) is 5.56 Å². The van der Waals surface area contributed by atoms with Crippen molar-refractivity contribution in [3.05, 3.63) is 90.5 Å². The highest BCUT2D eigenvalue weighted by Crippen LogP contribution is 2.19. The second-order valence-corrected chi connectivity index (χ2v) is 7.36. The molecule has 0 spiro atoms. The van der Waals surface area contributed by atoms with Crippen molar-refractivity contribution >= 4 is 11.8 Å². The fourth-order valence-corrected chi connectivity index (χ4v) is 3.68. The van der Waals surface area contributed by atoms with Crippen LogP contribution >= 0.6 is 11.8 Å². The molecule has 3 aromatic carbocycles.